The molecule has 1 unspecified atom stereocenters. The van der Waals surface area contributed by atoms with Crippen LogP contribution in [0.15, 0.2) is 30.5 Å². The molecule has 0 radical (unpaired) electrons. The molecule has 2 aliphatic rings. The van der Waals surface area contributed by atoms with Crippen molar-refractivity contribution in [2.75, 3.05) is 6.61 Å². The zero-order valence-corrected chi connectivity index (χ0v) is 19.3. The van der Waals surface area contributed by atoms with Crippen LogP contribution in [-0.4, -0.2) is 49.1 Å². The highest BCUT2D eigenvalue weighted by Gasteiger charge is 2.40. The van der Waals surface area contributed by atoms with Gasteiger partial charge in [-0.05, 0) is 43.5 Å². The summed E-state index contributed by atoms with van der Waals surface area (Å²) in [4.78, 5) is 24.5. The molecule has 2 atom stereocenters. The summed E-state index contributed by atoms with van der Waals surface area (Å²) in [6.45, 7) is 5.03. The average molecular weight is 524 g/mol. The van der Waals surface area contributed by atoms with E-state index in [0.717, 1.165) is 12.1 Å². The number of carbonyl (C=O) groups is 2. The highest BCUT2D eigenvalue weighted by molar-refractivity contribution is 5.82. The Hall–Kier alpha value is -2.80. The maximum Gasteiger partial charge on any atom is 0.522 e. The standard InChI is InChI=1S/C23H26F6N2O5/c1-12(30-20(32)11-34-16-9-17(10-16)36-23(27,28)29)7-13(2)31-21(33)19-5-3-14-8-15(22(24,25)26)4-6-18(14)35-19/h4,6,8,13,16-17,19H,1,3,5,7,9-11H2,2H3,(H,30,32)(H,31,33)/t13?,16?,17?,19-/m1/s1. The number of alkyl halides is 6. The number of nitrogens with one attached hydrogen (secondary N) is 2. The van der Waals surface area contributed by atoms with Crippen LogP contribution in [0.5, 0.6) is 5.75 Å². The highest BCUT2D eigenvalue weighted by Crippen LogP contribution is 2.35. The second kappa shape index (κ2) is 11.1. The number of fused-ring (bicyclic) bond motifs is 1. The SMILES string of the molecule is C=C(CC(C)NC(=O)[C@H]1CCc2cc(C(F)(F)F)ccc2O1)NC(=O)COC1CC(OC(F)(F)F)C1. The van der Waals surface area contributed by atoms with Crippen molar-refractivity contribution in [1.29, 1.82) is 0 Å². The van der Waals surface area contributed by atoms with E-state index in [2.05, 4.69) is 21.9 Å². The molecule has 13 heteroatoms. The van der Waals surface area contributed by atoms with E-state index in [-0.39, 0.29) is 50.2 Å². The lowest BCUT2D eigenvalue weighted by atomic mass is 9.92. The Kier molecular flexibility index (Phi) is 8.55. The molecule has 1 aromatic carbocycles. The van der Waals surface area contributed by atoms with Crippen molar-refractivity contribution < 1.29 is 50.1 Å². The summed E-state index contributed by atoms with van der Waals surface area (Å²) in [5, 5.41) is 5.22. The molecule has 0 bridgehead atoms. The topological polar surface area (TPSA) is 85.9 Å². The van der Waals surface area contributed by atoms with Crippen LogP contribution >= 0.6 is 0 Å². The summed E-state index contributed by atoms with van der Waals surface area (Å²) >= 11 is 0. The van der Waals surface area contributed by atoms with E-state index in [9.17, 15) is 35.9 Å². The van der Waals surface area contributed by atoms with Gasteiger partial charge in [0, 0.05) is 31.0 Å². The first-order valence-electron chi connectivity index (χ1n) is 11.2. The number of amides is 2. The van der Waals surface area contributed by atoms with Crippen LogP contribution in [0, 0.1) is 0 Å². The van der Waals surface area contributed by atoms with Gasteiger partial charge in [0.1, 0.15) is 12.4 Å². The summed E-state index contributed by atoms with van der Waals surface area (Å²) in [6, 6.07) is 2.67. The van der Waals surface area contributed by atoms with Crippen molar-refractivity contribution in [3.63, 3.8) is 0 Å². The Bertz CT molecular complexity index is 975. The van der Waals surface area contributed by atoms with E-state index in [1.165, 1.54) is 6.07 Å². The molecule has 1 aliphatic carbocycles. The van der Waals surface area contributed by atoms with Crippen molar-refractivity contribution in [1.82, 2.24) is 10.6 Å². The van der Waals surface area contributed by atoms with Gasteiger partial charge < -0.3 is 20.1 Å². The van der Waals surface area contributed by atoms with Crippen molar-refractivity contribution in [2.45, 2.75) is 75.9 Å². The zero-order valence-electron chi connectivity index (χ0n) is 19.3. The molecule has 1 heterocycles. The van der Waals surface area contributed by atoms with Crippen molar-refractivity contribution >= 4 is 11.8 Å². The fourth-order valence-corrected chi connectivity index (χ4v) is 3.92. The third-order valence-electron chi connectivity index (χ3n) is 5.68. The third kappa shape index (κ3) is 8.12. The largest absolute Gasteiger partial charge is 0.522 e. The lowest BCUT2D eigenvalue weighted by molar-refractivity contribution is -0.357. The Morgan fingerprint density at radius 1 is 1.17 bits per heavy atom. The van der Waals surface area contributed by atoms with Crippen LogP contribution in [0.1, 0.15) is 43.7 Å². The minimum absolute atomic E-state index is 0.0357. The number of rotatable bonds is 9. The number of ether oxygens (including phenoxy) is 3. The molecule has 0 saturated heterocycles. The molecule has 2 amide bonds. The van der Waals surface area contributed by atoms with E-state index >= 15 is 0 Å². The van der Waals surface area contributed by atoms with Crippen molar-refractivity contribution in [2.24, 2.45) is 0 Å². The molecule has 7 nitrogen and oxygen atoms in total. The maximum atomic E-state index is 12.9. The van der Waals surface area contributed by atoms with Gasteiger partial charge in [0.15, 0.2) is 6.10 Å². The molecule has 1 saturated carbocycles. The summed E-state index contributed by atoms with van der Waals surface area (Å²) in [5.41, 5.74) is -0.108. The number of carbonyl (C=O) groups excluding carboxylic acids is 2. The second-order valence-electron chi connectivity index (χ2n) is 8.82. The number of hydrogen-bond donors (Lipinski definition) is 2. The second-order valence-corrected chi connectivity index (χ2v) is 8.82. The molecule has 1 fully saturated rings. The number of halogens is 6. The van der Waals surface area contributed by atoms with E-state index < -0.39 is 54.3 Å². The molecule has 36 heavy (non-hydrogen) atoms. The first-order chi connectivity index (χ1) is 16.7. The van der Waals surface area contributed by atoms with Crippen LogP contribution in [0.4, 0.5) is 26.3 Å². The molecule has 3 rings (SSSR count). The van der Waals surface area contributed by atoms with Gasteiger partial charge in [0.2, 0.25) is 5.91 Å². The highest BCUT2D eigenvalue weighted by atomic mass is 19.4. The van der Waals surface area contributed by atoms with Crippen LogP contribution < -0.4 is 15.4 Å². The molecule has 0 spiro atoms. The Labute approximate surface area is 203 Å². The first kappa shape index (κ1) is 27.8. The smallest absolute Gasteiger partial charge is 0.480 e. The number of benzene rings is 1. The fraction of sp³-hybridized carbons (Fsp3) is 0.565. The molecule has 1 aliphatic heterocycles. The van der Waals surface area contributed by atoms with E-state index in [0.29, 0.717) is 5.56 Å². The minimum atomic E-state index is -4.70. The monoisotopic (exact) mass is 524 g/mol. The van der Waals surface area contributed by atoms with Gasteiger partial charge in [-0.2, -0.15) is 13.2 Å². The first-order valence-corrected chi connectivity index (χ1v) is 11.2. The summed E-state index contributed by atoms with van der Waals surface area (Å²) in [7, 11) is 0. The molecular formula is C23H26F6N2O5. The molecule has 1 aromatic rings. The van der Waals surface area contributed by atoms with E-state index in [4.69, 9.17) is 9.47 Å². The van der Waals surface area contributed by atoms with Crippen LogP contribution in [0.25, 0.3) is 0 Å². The molecule has 0 aromatic heterocycles. The van der Waals surface area contributed by atoms with Gasteiger partial charge in [-0.25, -0.2) is 0 Å². The molecule has 2 N–H and O–H groups in total. The van der Waals surface area contributed by atoms with Crippen LogP contribution in [0.2, 0.25) is 0 Å². The normalized spacial score (nSPS) is 22.5. The summed E-state index contributed by atoms with van der Waals surface area (Å²) < 4.78 is 89.6. The molecular weight excluding hydrogens is 498 g/mol. The van der Waals surface area contributed by atoms with E-state index in [1.54, 1.807) is 6.92 Å². The predicted octanol–water partition coefficient (Wildman–Crippen LogP) is 4.01. The van der Waals surface area contributed by atoms with Crippen molar-refractivity contribution in [3.8, 4) is 5.75 Å². The molecule has 200 valence electrons. The van der Waals surface area contributed by atoms with E-state index in [1.807, 2.05) is 0 Å². The number of aryl methyl sites for hydroxylation is 1. The third-order valence-corrected chi connectivity index (χ3v) is 5.68. The quantitative estimate of drug-likeness (QED) is 0.477. The Morgan fingerprint density at radius 3 is 2.50 bits per heavy atom. The lowest BCUT2D eigenvalue weighted by Gasteiger charge is -2.34. The minimum Gasteiger partial charge on any atom is -0.480 e. The van der Waals surface area contributed by atoms with Crippen LogP contribution in [0.3, 0.4) is 0 Å². The average Bonchev–Trinajstić information content (AvgIpc) is 2.72. The zero-order chi connectivity index (χ0) is 26.7. The van der Waals surface area contributed by atoms with Crippen molar-refractivity contribution in [3.05, 3.63) is 41.6 Å². The van der Waals surface area contributed by atoms with Gasteiger partial charge in [0.25, 0.3) is 5.91 Å². The van der Waals surface area contributed by atoms with Gasteiger partial charge in [0.05, 0.1) is 17.8 Å². The Morgan fingerprint density at radius 2 is 1.86 bits per heavy atom. The van der Waals surface area contributed by atoms with Gasteiger partial charge in [-0.3, -0.25) is 14.3 Å². The summed E-state index contributed by atoms with van der Waals surface area (Å²) in [5.74, 6) is -0.762. The van der Waals surface area contributed by atoms with Gasteiger partial charge in [-0.1, -0.05) is 6.58 Å². The van der Waals surface area contributed by atoms with Gasteiger partial charge >= 0.3 is 12.5 Å². The van der Waals surface area contributed by atoms with Crippen LogP contribution in [-0.2, 0) is 31.7 Å². The lowest BCUT2D eigenvalue weighted by Crippen LogP contribution is -2.45. The predicted molar refractivity (Wildman–Crippen MR) is 114 cm³/mol. The number of hydrogen-bond acceptors (Lipinski definition) is 5. The van der Waals surface area contributed by atoms with Gasteiger partial charge in [-0.15, -0.1) is 13.2 Å². The fourth-order valence-electron chi connectivity index (χ4n) is 3.92. The summed E-state index contributed by atoms with van der Waals surface area (Å²) in [6.07, 6.45) is -10.8. The maximum absolute atomic E-state index is 12.9. The Balaban J connectivity index is 1.35.